The SMILES string of the molecule is Cc1cccnc1NC(=O)Cc1csc2nc(-c3ccc(F)cc3)cn12. The van der Waals surface area contributed by atoms with Crippen LogP contribution in [0.15, 0.2) is 54.2 Å². The van der Waals surface area contributed by atoms with Gasteiger partial charge in [-0.3, -0.25) is 9.20 Å². The fourth-order valence-corrected chi connectivity index (χ4v) is 3.55. The van der Waals surface area contributed by atoms with Gasteiger partial charge >= 0.3 is 0 Å². The molecule has 0 aliphatic rings. The molecule has 7 heteroatoms. The summed E-state index contributed by atoms with van der Waals surface area (Å²) < 4.78 is 15.0. The highest BCUT2D eigenvalue weighted by atomic mass is 32.1. The Kier molecular flexibility index (Phi) is 4.22. The molecule has 1 aromatic carbocycles. The molecule has 0 fully saturated rings. The number of carbonyl (C=O) groups excluding carboxylic acids is 1. The highest BCUT2D eigenvalue weighted by Crippen LogP contribution is 2.24. The third-order valence-corrected chi connectivity index (χ3v) is 4.92. The van der Waals surface area contributed by atoms with E-state index < -0.39 is 0 Å². The van der Waals surface area contributed by atoms with E-state index in [0.29, 0.717) is 5.82 Å². The Bertz CT molecular complexity index is 1080. The summed E-state index contributed by atoms with van der Waals surface area (Å²) >= 11 is 1.47. The average Bonchev–Trinajstić information content (AvgIpc) is 3.20. The number of benzene rings is 1. The van der Waals surface area contributed by atoms with Gasteiger partial charge in [-0.2, -0.15) is 0 Å². The largest absolute Gasteiger partial charge is 0.310 e. The minimum atomic E-state index is -0.281. The molecule has 0 unspecified atom stereocenters. The van der Waals surface area contributed by atoms with Gasteiger partial charge in [-0.05, 0) is 42.8 Å². The Balaban J connectivity index is 1.56. The number of amides is 1. The summed E-state index contributed by atoms with van der Waals surface area (Å²) in [5.74, 6) is 0.155. The number of halogens is 1. The second kappa shape index (κ2) is 6.68. The van der Waals surface area contributed by atoms with Crippen molar-refractivity contribution in [3.05, 3.63) is 71.2 Å². The van der Waals surface area contributed by atoms with Crippen LogP contribution in [0.1, 0.15) is 11.3 Å². The van der Waals surface area contributed by atoms with Crippen LogP contribution in [0.3, 0.4) is 0 Å². The monoisotopic (exact) mass is 366 g/mol. The lowest BCUT2D eigenvalue weighted by molar-refractivity contribution is -0.115. The Hall–Kier alpha value is -3.06. The second-order valence-corrected chi connectivity index (χ2v) is 6.74. The lowest BCUT2D eigenvalue weighted by atomic mass is 10.2. The zero-order valence-electron chi connectivity index (χ0n) is 13.9. The van der Waals surface area contributed by atoms with E-state index in [1.165, 1.54) is 23.5 Å². The minimum Gasteiger partial charge on any atom is -0.310 e. The number of aryl methyl sites for hydroxylation is 1. The number of thiazole rings is 1. The van der Waals surface area contributed by atoms with Crippen molar-refractivity contribution in [2.24, 2.45) is 0 Å². The molecule has 5 nitrogen and oxygen atoms in total. The fourth-order valence-electron chi connectivity index (χ4n) is 2.67. The molecule has 4 aromatic rings. The summed E-state index contributed by atoms with van der Waals surface area (Å²) in [7, 11) is 0. The van der Waals surface area contributed by atoms with Crippen molar-refractivity contribution >= 4 is 28.0 Å². The standard InChI is InChI=1S/C19H15FN4OS/c1-12-3-2-8-21-18(12)23-17(25)9-15-11-26-19-22-16(10-24(15)19)13-4-6-14(20)7-5-13/h2-8,10-11H,9H2,1H3,(H,21,23,25). The maximum absolute atomic E-state index is 13.1. The van der Waals surface area contributed by atoms with Crippen molar-refractivity contribution < 1.29 is 9.18 Å². The molecular weight excluding hydrogens is 351 g/mol. The number of nitrogens with zero attached hydrogens (tertiary/aromatic N) is 3. The molecule has 1 N–H and O–H groups in total. The molecule has 0 saturated carbocycles. The third kappa shape index (κ3) is 3.21. The number of fused-ring (bicyclic) bond motifs is 1. The molecule has 0 aliphatic heterocycles. The first-order valence-electron chi connectivity index (χ1n) is 8.03. The smallest absolute Gasteiger partial charge is 0.231 e. The van der Waals surface area contributed by atoms with E-state index in [9.17, 15) is 9.18 Å². The highest BCUT2D eigenvalue weighted by Gasteiger charge is 2.13. The number of carbonyl (C=O) groups is 1. The fraction of sp³-hybridized carbons (Fsp3) is 0.105. The predicted octanol–water partition coefficient (Wildman–Crippen LogP) is 4.09. The number of anilines is 1. The van der Waals surface area contributed by atoms with Crippen LogP contribution in [0.25, 0.3) is 16.2 Å². The van der Waals surface area contributed by atoms with Gasteiger partial charge in [0.2, 0.25) is 5.91 Å². The molecule has 0 radical (unpaired) electrons. The summed E-state index contributed by atoms with van der Waals surface area (Å²) in [5, 5.41) is 4.76. The van der Waals surface area contributed by atoms with Gasteiger partial charge < -0.3 is 5.32 Å². The summed E-state index contributed by atoms with van der Waals surface area (Å²) in [6.07, 6.45) is 3.74. The molecule has 130 valence electrons. The number of pyridine rings is 1. The molecule has 0 bridgehead atoms. The zero-order chi connectivity index (χ0) is 18.1. The summed E-state index contributed by atoms with van der Waals surface area (Å²) in [4.78, 5) is 21.9. The highest BCUT2D eigenvalue weighted by molar-refractivity contribution is 7.15. The number of hydrogen-bond acceptors (Lipinski definition) is 4. The summed E-state index contributed by atoms with van der Waals surface area (Å²) in [6, 6.07) is 9.93. The van der Waals surface area contributed by atoms with Crippen LogP contribution >= 0.6 is 11.3 Å². The molecule has 0 spiro atoms. The van der Waals surface area contributed by atoms with Crippen LogP contribution in [0, 0.1) is 12.7 Å². The van der Waals surface area contributed by atoms with Crippen LogP contribution in [0.2, 0.25) is 0 Å². The van der Waals surface area contributed by atoms with Crippen LogP contribution in [-0.4, -0.2) is 20.3 Å². The number of aromatic nitrogens is 3. The predicted molar refractivity (Wildman–Crippen MR) is 99.8 cm³/mol. The van der Waals surface area contributed by atoms with Crippen LogP contribution < -0.4 is 5.32 Å². The number of nitrogens with one attached hydrogen (secondary N) is 1. The zero-order valence-corrected chi connectivity index (χ0v) is 14.8. The number of rotatable bonds is 4. The maximum atomic E-state index is 13.1. The van der Waals surface area contributed by atoms with E-state index in [1.807, 2.05) is 35.0 Å². The quantitative estimate of drug-likeness (QED) is 0.592. The molecule has 0 saturated heterocycles. The first-order chi connectivity index (χ1) is 12.6. The Morgan fingerprint density at radius 1 is 1.27 bits per heavy atom. The summed E-state index contributed by atoms with van der Waals surface area (Å²) in [5.41, 5.74) is 3.34. The molecule has 0 aliphatic carbocycles. The third-order valence-electron chi connectivity index (χ3n) is 4.03. The van der Waals surface area contributed by atoms with E-state index in [4.69, 9.17) is 0 Å². The summed E-state index contributed by atoms with van der Waals surface area (Å²) in [6.45, 7) is 1.90. The van der Waals surface area contributed by atoms with Crippen LogP contribution in [0.4, 0.5) is 10.2 Å². The minimum absolute atomic E-state index is 0.136. The lowest BCUT2D eigenvalue weighted by Crippen LogP contribution is -2.16. The van der Waals surface area contributed by atoms with E-state index >= 15 is 0 Å². The van der Waals surface area contributed by atoms with Crippen molar-refractivity contribution in [3.8, 4) is 11.3 Å². The molecule has 3 heterocycles. The lowest BCUT2D eigenvalue weighted by Gasteiger charge is -2.06. The van der Waals surface area contributed by atoms with Crippen molar-refractivity contribution in [2.75, 3.05) is 5.32 Å². The molecule has 3 aromatic heterocycles. The van der Waals surface area contributed by atoms with Crippen molar-refractivity contribution in [1.29, 1.82) is 0 Å². The van der Waals surface area contributed by atoms with Crippen LogP contribution in [0.5, 0.6) is 0 Å². The number of imidazole rings is 1. The van der Waals surface area contributed by atoms with Crippen LogP contribution in [-0.2, 0) is 11.2 Å². The first kappa shape index (κ1) is 16.4. The van der Waals surface area contributed by atoms with Gasteiger partial charge in [0.1, 0.15) is 11.6 Å². The topological polar surface area (TPSA) is 59.3 Å². The molecular formula is C19H15FN4OS. The van der Waals surface area contributed by atoms with Crippen molar-refractivity contribution in [3.63, 3.8) is 0 Å². The van der Waals surface area contributed by atoms with E-state index in [-0.39, 0.29) is 18.1 Å². The molecule has 4 rings (SSSR count). The van der Waals surface area contributed by atoms with Gasteiger partial charge in [-0.15, -0.1) is 11.3 Å². The normalized spacial score (nSPS) is 11.0. The Morgan fingerprint density at radius 2 is 2.08 bits per heavy atom. The van der Waals surface area contributed by atoms with Gasteiger partial charge in [0, 0.05) is 29.0 Å². The Labute approximate surface area is 153 Å². The van der Waals surface area contributed by atoms with Gasteiger partial charge in [0.15, 0.2) is 4.96 Å². The van der Waals surface area contributed by atoms with Gasteiger partial charge in [-0.1, -0.05) is 6.07 Å². The van der Waals surface area contributed by atoms with Gasteiger partial charge in [0.05, 0.1) is 12.1 Å². The molecule has 26 heavy (non-hydrogen) atoms. The number of hydrogen-bond donors (Lipinski definition) is 1. The first-order valence-corrected chi connectivity index (χ1v) is 8.91. The van der Waals surface area contributed by atoms with E-state index in [2.05, 4.69) is 15.3 Å². The van der Waals surface area contributed by atoms with E-state index in [0.717, 1.165) is 27.5 Å². The van der Waals surface area contributed by atoms with Crippen molar-refractivity contribution in [1.82, 2.24) is 14.4 Å². The average molecular weight is 366 g/mol. The molecule has 1 amide bonds. The molecule has 0 atom stereocenters. The van der Waals surface area contributed by atoms with Gasteiger partial charge in [0.25, 0.3) is 0 Å². The second-order valence-electron chi connectivity index (χ2n) is 5.91. The maximum Gasteiger partial charge on any atom is 0.231 e. The van der Waals surface area contributed by atoms with Crippen molar-refractivity contribution in [2.45, 2.75) is 13.3 Å². The van der Waals surface area contributed by atoms with E-state index in [1.54, 1.807) is 18.3 Å². The Morgan fingerprint density at radius 3 is 2.85 bits per heavy atom. The van der Waals surface area contributed by atoms with Gasteiger partial charge in [-0.25, -0.2) is 14.4 Å².